The molecule has 92 valence electrons. The number of benzene rings is 1. The largest absolute Gasteiger partial charge is 0.334 e. The zero-order chi connectivity index (χ0) is 12.5. The lowest BCUT2D eigenvalue weighted by Crippen LogP contribution is -2.50. The monoisotopic (exact) mass is 246 g/mol. The number of hydrogen-bond donors (Lipinski definition) is 0. The molecule has 0 bridgehead atoms. The highest BCUT2D eigenvalue weighted by Crippen LogP contribution is 2.22. The second kappa shape index (κ2) is 4.21. The van der Waals surface area contributed by atoms with E-state index in [1.807, 2.05) is 0 Å². The van der Waals surface area contributed by atoms with Gasteiger partial charge in [0.15, 0.2) is 0 Å². The molecule has 0 radical (unpaired) electrons. The van der Waals surface area contributed by atoms with Crippen molar-refractivity contribution in [3.63, 3.8) is 0 Å². The number of rotatable bonds is 2. The molecule has 1 aromatic carbocycles. The molecule has 0 atom stereocenters. The highest BCUT2D eigenvalue weighted by molar-refractivity contribution is 5.94. The van der Waals surface area contributed by atoms with E-state index in [1.54, 1.807) is 22.0 Å². The third kappa shape index (κ3) is 1.85. The van der Waals surface area contributed by atoms with E-state index in [4.69, 9.17) is 0 Å². The van der Waals surface area contributed by atoms with E-state index in [-0.39, 0.29) is 17.8 Å². The van der Waals surface area contributed by atoms with Gasteiger partial charge in [-0.1, -0.05) is 5.21 Å². The van der Waals surface area contributed by atoms with Crippen LogP contribution in [-0.2, 0) is 0 Å². The molecule has 18 heavy (non-hydrogen) atoms. The predicted octanol–water partition coefficient (Wildman–Crippen LogP) is 1.11. The van der Waals surface area contributed by atoms with Gasteiger partial charge in [0.05, 0.1) is 12.2 Å². The van der Waals surface area contributed by atoms with Gasteiger partial charge in [0, 0.05) is 24.8 Å². The molecule has 1 aromatic heterocycles. The van der Waals surface area contributed by atoms with Crippen molar-refractivity contribution in [2.45, 2.75) is 6.04 Å². The normalized spacial score (nSPS) is 15.5. The minimum Gasteiger partial charge on any atom is -0.334 e. The Bertz CT molecular complexity index is 546. The van der Waals surface area contributed by atoms with Crippen LogP contribution in [0.4, 0.5) is 4.39 Å². The van der Waals surface area contributed by atoms with Crippen LogP contribution in [0.2, 0.25) is 0 Å². The van der Waals surface area contributed by atoms with Gasteiger partial charge in [-0.05, 0) is 24.3 Å². The number of aromatic nitrogens is 3. The van der Waals surface area contributed by atoms with Gasteiger partial charge in [-0.3, -0.25) is 4.79 Å². The van der Waals surface area contributed by atoms with Gasteiger partial charge < -0.3 is 4.90 Å². The molecule has 1 aliphatic heterocycles. The fraction of sp³-hybridized carbons (Fsp3) is 0.250. The average molecular weight is 246 g/mol. The van der Waals surface area contributed by atoms with Gasteiger partial charge in [-0.2, -0.15) is 0 Å². The summed E-state index contributed by atoms with van der Waals surface area (Å²) in [7, 11) is 0. The Balaban J connectivity index is 1.65. The molecule has 2 heterocycles. The van der Waals surface area contributed by atoms with E-state index < -0.39 is 0 Å². The highest BCUT2D eigenvalue weighted by Gasteiger charge is 2.32. The molecule has 1 aliphatic rings. The van der Waals surface area contributed by atoms with E-state index in [0.717, 1.165) is 0 Å². The number of hydrogen-bond acceptors (Lipinski definition) is 3. The standard InChI is InChI=1S/C12H11FN4O/c13-10-3-1-9(2-4-10)12(18)16-7-11(8-16)17-6-5-14-15-17/h1-6,11H,7-8H2. The maximum atomic E-state index is 12.8. The lowest BCUT2D eigenvalue weighted by molar-refractivity contribution is 0.0498. The molecule has 0 unspecified atom stereocenters. The molecule has 5 nitrogen and oxygen atoms in total. The summed E-state index contributed by atoms with van der Waals surface area (Å²) in [6.07, 6.45) is 3.40. The van der Waals surface area contributed by atoms with Crippen molar-refractivity contribution >= 4 is 5.91 Å². The Morgan fingerprint density at radius 2 is 2.00 bits per heavy atom. The van der Waals surface area contributed by atoms with Gasteiger partial charge in [-0.25, -0.2) is 9.07 Å². The smallest absolute Gasteiger partial charge is 0.254 e. The number of nitrogens with zero attached hydrogens (tertiary/aromatic N) is 4. The Hall–Kier alpha value is -2.24. The van der Waals surface area contributed by atoms with Crippen LogP contribution in [-0.4, -0.2) is 38.9 Å². The van der Waals surface area contributed by atoms with Crippen LogP contribution in [0, 0.1) is 5.82 Å². The molecule has 2 aromatic rings. The summed E-state index contributed by atoms with van der Waals surface area (Å²) < 4.78 is 14.5. The molecule has 6 heteroatoms. The fourth-order valence-corrected chi connectivity index (χ4v) is 1.98. The van der Waals surface area contributed by atoms with E-state index in [9.17, 15) is 9.18 Å². The molecule has 0 N–H and O–H groups in total. The van der Waals surface area contributed by atoms with Crippen LogP contribution in [0.15, 0.2) is 36.7 Å². The molecule has 0 saturated carbocycles. The number of likely N-dealkylation sites (tertiary alicyclic amines) is 1. The van der Waals surface area contributed by atoms with E-state index in [1.165, 1.54) is 24.3 Å². The third-order valence-corrected chi connectivity index (χ3v) is 3.06. The first-order valence-electron chi connectivity index (χ1n) is 5.64. The SMILES string of the molecule is O=C(c1ccc(F)cc1)N1CC(n2ccnn2)C1. The zero-order valence-electron chi connectivity index (χ0n) is 9.53. The average Bonchev–Trinajstić information content (AvgIpc) is 2.81. The molecule has 1 saturated heterocycles. The van der Waals surface area contributed by atoms with Crippen LogP contribution in [0.3, 0.4) is 0 Å². The van der Waals surface area contributed by atoms with E-state index in [0.29, 0.717) is 18.7 Å². The van der Waals surface area contributed by atoms with Gasteiger partial charge >= 0.3 is 0 Å². The van der Waals surface area contributed by atoms with Crippen molar-refractivity contribution in [3.05, 3.63) is 48.0 Å². The zero-order valence-corrected chi connectivity index (χ0v) is 9.53. The van der Waals surface area contributed by atoms with Crippen LogP contribution in [0.5, 0.6) is 0 Å². The van der Waals surface area contributed by atoms with Gasteiger partial charge in [0.2, 0.25) is 0 Å². The van der Waals surface area contributed by atoms with Gasteiger partial charge in [-0.15, -0.1) is 5.10 Å². The summed E-state index contributed by atoms with van der Waals surface area (Å²) in [6, 6.07) is 5.78. The first-order chi connectivity index (χ1) is 8.74. The second-order valence-corrected chi connectivity index (χ2v) is 4.25. The van der Waals surface area contributed by atoms with Crippen molar-refractivity contribution < 1.29 is 9.18 Å². The highest BCUT2D eigenvalue weighted by atomic mass is 19.1. The summed E-state index contributed by atoms with van der Waals surface area (Å²) in [5.41, 5.74) is 0.508. The molecular formula is C12H11FN4O. The lowest BCUT2D eigenvalue weighted by Gasteiger charge is -2.38. The number of amides is 1. The second-order valence-electron chi connectivity index (χ2n) is 4.25. The Labute approximate surface area is 103 Å². The Morgan fingerprint density at radius 1 is 1.28 bits per heavy atom. The lowest BCUT2D eigenvalue weighted by atomic mass is 10.1. The minimum atomic E-state index is -0.337. The molecular weight excluding hydrogens is 235 g/mol. The van der Waals surface area contributed by atoms with Gasteiger partial charge in [0.1, 0.15) is 5.82 Å². The van der Waals surface area contributed by atoms with Crippen molar-refractivity contribution in [1.29, 1.82) is 0 Å². The molecule has 0 spiro atoms. The van der Waals surface area contributed by atoms with Crippen LogP contribution >= 0.6 is 0 Å². The van der Waals surface area contributed by atoms with Crippen LogP contribution in [0.25, 0.3) is 0 Å². The Kier molecular flexibility index (Phi) is 2.55. The maximum Gasteiger partial charge on any atom is 0.254 e. The number of carbonyl (C=O) groups is 1. The third-order valence-electron chi connectivity index (χ3n) is 3.06. The molecule has 1 fully saturated rings. The quantitative estimate of drug-likeness (QED) is 0.797. The van der Waals surface area contributed by atoms with Crippen molar-refractivity contribution in [1.82, 2.24) is 19.9 Å². The number of carbonyl (C=O) groups excluding carboxylic acids is 1. The predicted molar refractivity (Wildman–Crippen MR) is 61.4 cm³/mol. The van der Waals surface area contributed by atoms with Crippen LogP contribution < -0.4 is 0 Å². The molecule has 3 rings (SSSR count). The molecule has 0 aliphatic carbocycles. The number of halogens is 1. The first-order valence-corrected chi connectivity index (χ1v) is 5.64. The topological polar surface area (TPSA) is 51.0 Å². The molecule has 1 amide bonds. The minimum absolute atomic E-state index is 0.0774. The van der Waals surface area contributed by atoms with Gasteiger partial charge in [0.25, 0.3) is 5.91 Å². The summed E-state index contributed by atoms with van der Waals surface area (Å²) in [6.45, 7) is 1.22. The van der Waals surface area contributed by atoms with Crippen molar-refractivity contribution in [2.75, 3.05) is 13.1 Å². The summed E-state index contributed by atoms with van der Waals surface area (Å²) in [5.74, 6) is -0.415. The van der Waals surface area contributed by atoms with Crippen molar-refractivity contribution in [2.24, 2.45) is 0 Å². The maximum absolute atomic E-state index is 12.8. The Morgan fingerprint density at radius 3 is 2.61 bits per heavy atom. The summed E-state index contributed by atoms with van der Waals surface area (Å²) in [4.78, 5) is 13.7. The van der Waals surface area contributed by atoms with Crippen LogP contribution in [0.1, 0.15) is 16.4 Å². The van der Waals surface area contributed by atoms with E-state index >= 15 is 0 Å². The fourth-order valence-electron chi connectivity index (χ4n) is 1.98. The summed E-state index contributed by atoms with van der Waals surface area (Å²) >= 11 is 0. The van der Waals surface area contributed by atoms with E-state index in [2.05, 4.69) is 10.3 Å². The van der Waals surface area contributed by atoms with Crippen molar-refractivity contribution in [3.8, 4) is 0 Å². The first kappa shape index (κ1) is 10.9. The summed E-state index contributed by atoms with van der Waals surface area (Å²) in [5, 5.41) is 7.63.